The quantitative estimate of drug-likeness (QED) is 0.231. The number of alkyl halides is 3. The molecule has 2 aromatic heterocycles. The molecule has 2 heterocycles. The molecule has 3 aromatic carbocycles. The molecule has 5 aromatic rings. The highest BCUT2D eigenvalue weighted by Gasteiger charge is 2.62. The Hall–Kier alpha value is -3.79. The molecule has 0 amide bonds. The maximum absolute atomic E-state index is 15.3. The van der Waals surface area contributed by atoms with Gasteiger partial charge in [-0.1, -0.05) is 17.7 Å². The van der Waals surface area contributed by atoms with Crippen molar-refractivity contribution < 1.29 is 26.3 Å². The fraction of sp³-hybridized carbons (Fsp3) is 0.214. The van der Waals surface area contributed by atoms with Crippen molar-refractivity contribution in [2.24, 2.45) is 0 Å². The molecule has 0 saturated heterocycles. The predicted molar refractivity (Wildman–Crippen MR) is 147 cm³/mol. The summed E-state index contributed by atoms with van der Waals surface area (Å²) in [7, 11) is -3.20. The molecule has 0 saturated carbocycles. The van der Waals surface area contributed by atoms with Gasteiger partial charge in [0.25, 0.3) is 10.0 Å². The average Bonchev–Trinajstić information content (AvgIpc) is 3.55. The highest BCUT2D eigenvalue weighted by Crippen LogP contribution is 2.52. The molecule has 0 bridgehead atoms. The number of halogens is 3. The van der Waals surface area contributed by atoms with Crippen LogP contribution in [0.2, 0.25) is 0 Å². The number of hydrogen-bond donors (Lipinski definition) is 1. The molecule has 12 heteroatoms. The number of nitriles is 1. The molecule has 0 spiro atoms. The zero-order valence-corrected chi connectivity index (χ0v) is 23.4. The van der Waals surface area contributed by atoms with Crippen LogP contribution in [0.4, 0.5) is 13.2 Å². The Balaban J connectivity index is 1.87. The van der Waals surface area contributed by atoms with Gasteiger partial charge >= 0.3 is 6.18 Å². The number of imidazole rings is 1. The van der Waals surface area contributed by atoms with Crippen LogP contribution in [0.1, 0.15) is 28.1 Å². The maximum Gasteiger partial charge on any atom is 0.429 e. The molecule has 206 valence electrons. The summed E-state index contributed by atoms with van der Waals surface area (Å²) in [6.07, 6.45) is -2.13. The lowest BCUT2D eigenvalue weighted by atomic mass is 9.88. The molecule has 1 unspecified atom stereocenters. The Morgan fingerprint density at radius 1 is 1.07 bits per heavy atom. The summed E-state index contributed by atoms with van der Waals surface area (Å²) in [5, 5.41) is 9.30. The topological polar surface area (TPSA) is 101 Å². The van der Waals surface area contributed by atoms with E-state index in [0.717, 1.165) is 28.4 Å². The smallest absolute Gasteiger partial charge is 0.358 e. The second-order valence-electron chi connectivity index (χ2n) is 9.27. The maximum atomic E-state index is 15.3. The van der Waals surface area contributed by atoms with Crippen LogP contribution in [0.25, 0.3) is 21.9 Å². The number of aryl methyl sites for hydroxylation is 2. The molecule has 0 aliphatic rings. The number of rotatable bonds is 6. The SMILES string of the molecule is COC(c1nc2cc(C#N)ccc2[nH]1)(c1c(SC)cc(C)c2c1ccn2S(=O)(=O)c1ccc(C)cc1)C(F)(F)F. The van der Waals surface area contributed by atoms with Gasteiger partial charge in [-0.05, 0) is 68.1 Å². The number of H-pyrrole nitrogens is 1. The van der Waals surface area contributed by atoms with E-state index < -0.39 is 27.6 Å². The van der Waals surface area contributed by atoms with Crippen LogP contribution in [0.15, 0.2) is 70.6 Å². The van der Waals surface area contributed by atoms with Gasteiger partial charge in [0, 0.05) is 29.2 Å². The number of ether oxygens (including phenoxy) is 1. The fourth-order valence-corrected chi connectivity index (χ4v) is 7.13. The summed E-state index contributed by atoms with van der Waals surface area (Å²) in [5.74, 6) is -0.540. The van der Waals surface area contributed by atoms with Crippen molar-refractivity contribution in [3.63, 3.8) is 0 Å². The van der Waals surface area contributed by atoms with Gasteiger partial charge in [-0.3, -0.25) is 0 Å². The molecule has 1 atom stereocenters. The lowest BCUT2D eigenvalue weighted by Crippen LogP contribution is -2.46. The first-order chi connectivity index (χ1) is 18.9. The number of aromatic amines is 1. The molecule has 1 N–H and O–H groups in total. The Morgan fingerprint density at radius 3 is 2.38 bits per heavy atom. The van der Waals surface area contributed by atoms with Crippen LogP contribution >= 0.6 is 11.8 Å². The molecule has 7 nitrogen and oxygen atoms in total. The molecule has 0 radical (unpaired) electrons. The zero-order valence-electron chi connectivity index (χ0n) is 21.8. The first-order valence-electron chi connectivity index (χ1n) is 11.9. The summed E-state index contributed by atoms with van der Waals surface area (Å²) in [5.41, 5.74) is -1.26. The molecule has 40 heavy (non-hydrogen) atoms. The van der Waals surface area contributed by atoms with E-state index in [4.69, 9.17) is 4.74 Å². The number of hydrogen-bond acceptors (Lipinski definition) is 6. The molecule has 0 fully saturated rings. The Labute approximate surface area is 232 Å². The van der Waals surface area contributed by atoms with E-state index in [9.17, 15) is 13.7 Å². The molecule has 0 aliphatic heterocycles. The summed E-state index contributed by atoms with van der Waals surface area (Å²) in [4.78, 5) is 7.23. The van der Waals surface area contributed by atoms with Crippen molar-refractivity contribution in [3.8, 4) is 6.07 Å². The monoisotopic (exact) mass is 584 g/mol. The number of aromatic nitrogens is 3. The van der Waals surface area contributed by atoms with Crippen LogP contribution < -0.4 is 0 Å². The number of nitrogens with one attached hydrogen (secondary N) is 1. The van der Waals surface area contributed by atoms with Gasteiger partial charge in [0.2, 0.25) is 5.60 Å². The minimum absolute atomic E-state index is 0.00454. The third-order valence-corrected chi connectivity index (χ3v) is 9.34. The van der Waals surface area contributed by atoms with Gasteiger partial charge < -0.3 is 9.72 Å². The third-order valence-electron chi connectivity index (χ3n) is 6.89. The molecular weight excluding hydrogens is 561 g/mol. The van der Waals surface area contributed by atoms with E-state index in [-0.39, 0.29) is 42.9 Å². The van der Waals surface area contributed by atoms with Crippen molar-refractivity contribution >= 4 is 43.7 Å². The summed E-state index contributed by atoms with van der Waals surface area (Å²) < 4.78 is 79.7. The van der Waals surface area contributed by atoms with Gasteiger partial charge in [-0.25, -0.2) is 17.4 Å². The minimum atomic E-state index is -5.03. The lowest BCUT2D eigenvalue weighted by molar-refractivity contribution is -0.261. The standard InChI is InChI=1S/C28H23F3N4O3S2/c1-16-5-8-19(9-6-16)40(36,37)35-12-11-20-24(23(39-4)13-17(2)25(20)35)27(38-3,28(29,30)31)26-33-21-10-7-18(15-32)14-22(21)34-26/h5-14H,1-4H3,(H,33,34). The summed E-state index contributed by atoms with van der Waals surface area (Å²) in [6.45, 7) is 3.47. The van der Waals surface area contributed by atoms with E-state index >= 15 is 13.2 Å². The number of nitrogens with zero attached hydrogens (tertiary/aromatic N) is 3. The van der Waals surface area contributed by atoms with Gasteiger partial charge in [-0.15, -0.1) is 11.8 Å². The van der Waals surface area contributed by atoms with Crippen molar-refractivity contribution in [1.82, 2.24) is 13.9 Å². The third kappa shape index (κ3) is 4.08. The number of fused-ring (bicyclic) bond motifs is 2. The molecule has 5 rings (SSSR count). The normalized spacial score (nSPS) is 13.9. The zero-order chi connectivity index (χ0) is 29.0. The van der Waals surface area contributed by atoms with Gasteiger partial charge in [0.05, 0.1) is 33.1 Å². The first kappa shape index (κ1) is 27.8. The van der Waals surface area contributed by atoms with Gasteiger partial charge in [-0.2, -0.15) is 18.4 Å². The van der Waals surface area contributed by atoms with Crippen LogP contribution in [-0.2, 0) is 20.4 Å². The summed E-state index contributed by atoms with van der Waals surface area (Å²) >= 11 is 1.08. The van der Waals surface area contributed by atoms with Crippen molar-refractivity contribution in [1.29, 1.82) is 5.26 Å². The minimum Gasteiger partial charge on any atom is -0.358 e. The van der Waals surface area contributed by atoms with Crippen molar-refractivity contribution in [2.45, 2.75) is 35.4 Å². The van der Waals surface area contributed by atoms with Crippen LogP contribution in [-0.4, -0.2) is 41.9 Å². The highest BCUT2D eigenvalue weighted by molar-refractivity contribution is 7.98. The average molecular weight is 585 g/mol. The van der Waals surface area contributed by atoms with Gasteiger partial charge in [0.15, 0.2) is 5.82 Å². The van der Waals surface area contributed by atoms with E-state index in [1.807, 2.05) is 13.0 Å². The molecular formula is C28H23F3N4O3S2. The van der Waals surface area contributed by atoms with Crippen molar-refractivity contribution in [2.75, 3.05) is 13.4 Å². The Bertz CT molecular complexity index is 1920. The largest absolute Gasteiger partial charge is 0.429 e. The number of thioether (sulfide) groups is 1. The van der Waals surface area contributed by atoms with Crippen molar-refractivity contribution in [3.05, 3.63) is 88.9 Å². The lowest BCUT2D eigenvalue weighted by Gasteiger charge is -2.35. The second-order valence-corrected chi connectivity index (χ2v) is 11.9. The highest BCUT2D eigenvalue weighted by atomic mass is 32.2. The van der Waals surface area contributed by atoms with E-state index in [1.165, 1.54) is 48.7 Å². The Kier molecular flexibility index (Phi) is 6.73. The predicted octanol–water partition coefficient (Wildman–Crippen LogP) is 6.42. The second kappa shape index (κ2) is 9.69. The van der Waals surface area contributed by atoms with Gasteiger partial charge in [0.1, 0.15) is 0 Å². The first-order valence-corrected chi connectivity index (χ1v) is 14.6. The van der Waals surface area contributed by atoms with E-state index in [1.54, 1.807) is 25.3 Å². The number of methoxy groups -OCH3 is 1. The fourth-order valence-electron chi connectivity index (χ4n) is 4.97. The van der Waals surface area contributed by atoms with Crippen LogP contribution in [0.5, 0.6) is 0 Å². The van der Waals surface area contributed by atoms with E-state index in [2.05, 4.69) is 9.97 Å². The Morgan fingerprint density at radius 2 is 1.77 bits per heavy atom. The van der Waals surface area contributed by atoms with Crippen LogP contribution in [0, 0.1) is 25.2 Å². The van der Waals surface area contributed by atoms with Crippen LogP contribution in [0.3, 0.4) is 0 Å². The van der Waals surface area contributed by atoms with E-state index in [0.29, 0.717) is 5.56 Å². The molecule has 0 aliphatic carbocycles. The number of benzene rings is 3. The summed E-state index contributed by atoms with van der Waals surface area (Å²) in [6, 6.07) is 15.4.